The summed E-state index contributed by atoms with van der Waals surface area (Å²) in [6.45, 7) is 10.9. The van der Waals surface area contributed by atoms with Crippen molar-refractivity contribution in [2.75, 3.05) is 19.6 Å². The van der Waals surface area contributed by atoms with E-state index in [0.717, 1.165) is 18.7 Å². The van der Waals surface area contributed by atoms with Crippen molar-refractivity contribution in [1.82, 2.24) is 15.5 Å². The number of hydrogen-bond acceptors (Lipinski definition) is 4. The topological polar surface area (TPSA) is 90.9 Å². The van der Waals surface area contributed by atoms with Crippen LogP contribution in [0.2, 0.25) is 0 Å². The molecule has 7 nitrogen and oxygen atoms in total. The minimum atomic E-state index is -0.962. The SMILES string of the molecule is CC1CN(C(C)(C)CNC(=O)NCc2ccc(C(=O)O)cc2)CC(C)O1. The molecule has 1 aliphatic heterocycles. The lowest BCUT2D eigenvalue weighted by Gasteiger charge is -2.45. The number of carbonyl (C=O) groups excluding carboxylic acids is 1. The number of urea groups is 1. The molecule has 3 N–H and O–H groups in total. The summed E-state index contributed by atoms with van der Waals surface area (Å²) in [5, 5.41) is 14.6. The first-order valence-electron chi connectivity index (χ1n) is 8.92. The van der Waals surface area contributed by atoms with Crippen LogP contribution in [0.5, 0.6) is 0 Å². The van der Waals surface area contributed by atoms with Gasteiger partial charge in [-0.15, -0.1) is 0 Å². The zero-order valence-electron chi connectivity index (χ0n) is 15.9. The van der Waals surface area contributed by atoms with E-state index in [0.29, 0.717) is 13.1 Å². The molecule has 0 bridgehead atoms. The second kappa shape index (κ2) is 8.51. The molecule has 0 spiro atoms. The highest BCUT2D eigenvalue weighted by atomic mass is 16.5. The fourth-order valence-corrected chi connectivity index (χ4v) is 3.09. The van der Waals surface area contributed by atoms with Gasteiger partial charge in [-0.3, -0.25) is 4.90 Å². The molecule has 7 heteroatoms. The van der Waals surface area contributed by atoms with Gasteiger partial charge in [-0.1, -0.05) is 12.1 Å². The number of benzene rings is 1. The van der Waals surface area contributed by atoms with Crippen molar-refractivity contribution in [3.63, 3.8) is 0 Å². The van der Waals surface area contributed by atoms with Gasteiger partial charge in [0, 0.05) is 31.7 Å². The molecule has 0 aromatic heterocycles. The number of amides is 2. The van der Waals surface area contributed by atoms with Crippen molar-refractivity contribution in [2.24, 2.45) is 0 Å². The monoisotopic (exact) mass is 363 g/mol. The molecule has 2 atom stereocenters. The highest BCUT2D eigenvalue weighted by Crippen LogP contribution is 2.20. The summed E-state index contributed by atoms with van der Waals surface area (Å²) in [5.41, 5.74) is 0.904. The summed E-state index contributed by atoms with van der Waals surface area (Å²) in [7, 11) is 0. The molecule has 26 heavy (non-hydrogen) atoms. The summed E-state index contributed by atoms with van der Waals surface area (Å²) in [6.07, 6.45) is 0.362. The fourth-order valence-electron chi connectivity index (χ4n) is 3.09. The van der Waals surface area contributed by atoms with Gasteiger partial charge in [0.25, 0.3) is 0 Å². The highest BCUT2D eigenvalue weighted by molar-refractivity contribution is 5.87. The Morgan fingerprint density at radius 2 is 1.73 bits per heavy atom. The van der Waals surface area contributed by atoms with E-state index in [1.54, 1.807) is 12.1 Å². The minimum Gasteiger partial charge on any atom is -0.478 e. The smallest absolute Gasteiger partial charge is 0.335 e. The van der Waals surface area contributed by atoms with Gasteiger partial charge < -0.3 is 20.5 Å². The number of aromatic carboxylic acids is 1. The van der Waals surface area contributed by atoms with Crippen molar-refractivity contribution in [1.29, 1.82) is 0 Å². The lowest BCUT2D eigenvalue weighted by atomic mass is 10.00. The van der Waals surface area contributed by atoms with Crippen LogP contribution in [-0.4, -0.2) is 59.4 Å². The molecule has 2 amide bonds. The molecule has 0 aliphatic carbocycles. The van der Waals surface area contributed by atoms with Gasteiger partial charge in [0.15, 0.2) is 0 Å². The van der Waals surface area contributed by atoms with E-state index in [-0.39, 0.29) is 29.3 Å². The Morgan fingerprint density at radius 3 is 2.27 bits per heavy atom. The predicted octanol–water partition coefficient (Wildman–Crippen LogP) is 2.07. The zero-order valence-corrected chi connectivity index (χ0v) is 15.9. The van der Waals surface area contributed by atoms with Crippen molar-refractivity contribution in [3.8, 4) is 0 Å². The number of morpholine rings is 1. The van der Waals surface area contributed by atoms with E-state index in [2.05, 4.69) is 43.2 Å². The number of nitrogens with one attached hydrogen (secondary N) is 2. The first-order valence-corrected chi connectivity index (χ1v) is 8.92. The van der Waals surface area contributed by atoms with Crippen LogP contribution >= 0.6 is 0 Å². The largest absolute Gasteiger partial charge is 0.478 e. The molecule has 2 rings (SSSR count). The second-order valence-electron chi connectivity index (χ2n) is 7.51. The van der Waals surface area contributed by atoms with Crippen LogP contribution < -0.4 is 10.6 Å². The first-order chi connectivity index (χ1) is 12.2. The summed E-state index contributed by atoms with van der Waals surface area (Å²) in [4.78, 5) is 25.3. The molecule has 1 heterocycles. The number of nitrogens with zero attached hydrogens (tertiary/aromatic N) is 1. The molecule has 1 fully saturated rings. The van der Waals surface area contributed by atoms with Gasteiger partial charge in [0.2, 0.25) is 0 Å². The van der Waals surface area contributed by atoms with E-state index >= 15 is 0 Å². The Kier molecular flexibility index (Phi) is 6.61. The minimum absolute atomic E-state index is 0.174. The Hall–Kier alpha value is -2.12. The summed E-state index contributed by atoms with van der Waals surface area (Å²) < 4.78 is 5.77. The Morgan fingerprint density at radius 1 is 1.15 bits per heavy atom. The van der Waals surface area contributed by atoms with Crippen LogP contribution in [0.4, 0.5) is 4.79 Å². The molecule has 2 unspecified atom stereocenters. The maximum Gasteiger partial charge on any atom is 0.335 e. The molecule has 144 valence electrons. The third-order valence-corrected chi connectivity index (χ3v) is 4.61. The number of rotatable bonds is 6. The van der Waals surface area contributed by atoms with Crippen LogP contribution in [0.1, 0.15) is 43.6 Å². The predicted molar refractivity (Wildman–Crippen MR) is 99.3 cm³/mol. The summed E-state index contributed by atoms with van der Waals surface area (Å²) >= 11 is 0. The highest BCUT2D eigenvalue weighted by Gasteiger charge is 2.33. The lowest BCUT2D eigenvalue weighted by Crippen LogP contribution is -2.59. The van der Waals surface area contributed by atoms with Crippen molar-refractivity contribution < 1.29 is 19.4 Å². The van der Waals surface area contributed by atoms with Crippen LogP contribution in [0.15, 0.2) is 24.3 Å². The van der Waals surface area contributed by atoms with Gasteiger partial charge >= 0.3 is 12.0 Å². The van der Waals surface area contributed by atoms with Crippen LogP contribution in [0.25, 0.3) is 0 Å². The Balaban J connectivity index is 1.79. The van der Waals surface area contributed by atoms with E-state index in [1.165, 1.54) is 12.1 Å². The molecule has 0 saturated carbocycles. The Bertz CT molecular complexity index is 620. The van der Waals surface area contributed by atoms with Gasteiger partial charge in [0.1, 0.15) is 0 Å². The lowest BCUT2D eigenvalue weighted by molar-refractivity contribution is -0.0947. The average Bonchev–Trinajstić information content (AvgIpc) is 2.57. The quantitative estimate of drug-likeness (QED) is 0.720. The van der Waals surface area contributed by atoms with Crippen LogP contribution in [-0.2, 0) is 11.3 Å². The molecule has 1 aromatic carbocycles. The standard InChI is InChI=1S/C19H29N3O4/c1-13-10-22(11-14(2)26-13)19(3,4)12-21-18(25)20-9-15-5-7-16(8-6-15)17(23)24/h5-8,13-14H,9-12H2,1-4H3,(H,23,24)(H2,20,21,25). The van der Waals surface area contributed by atoms with Gasteiger partial charge in [-0.2, -0.15) is 0 Å². The van der Waals surface area contributed by atoms with E-state index < -0.39 is 5.97 Å². The normalized spacial score (nSPS) is 21.2. The van der Waals surface area contributed by atoms with Crippen molar-refractivity contribution in [2.45, 2.75) is 52.0 Å². The van der Waals surface area contributed by atoms with E-state index in [4.69, 9.17) is 9.84 Å². The molecule has 1 saturated heterocycles. The van der Waals surface area contributed by atoms with Gasteiger partial charge in [-0.05, 0) is 45.4 Å². The van der Waals surface area contributed by atoms with Crippen molar-refractivity contribution >= 4 is 12.0 Å². The number of carbonyl (C=O) groups is 2. The van der Waals surface area contributed by atoms with E-state index in [1.807, 2.05) is 0 Å². The Labute approximate surface area is 154 Å². The molecule has 1 aliphatic rings. The zero-order chi connectivity index (χ0) is 19.3. The first kappa shape index (κ1) is 20.2. The average molecular weight is 363 g/mol. The van der Waals surface area contributed by atoms with Gasteiger partial charge in [-0.25, -0.2) is 9.59 Å². The van der Waals surface area contributed by atoms with Crippen molar-refractivity contribution in [3.05, 3.63) is 35.4 Å². The number of ether oxygens (including phenoxy) is 1. The number of hydrogen-bond donors (Lipinski definition) is 3. The van der Waals surface area contributed by atoms with Crippen LogP contribution in [0.3, 0.4) is 0 Å². The molecular formula is C19H29N3O4. The second-order valence-corrected chi connectivity index (χ2v) is 7.51. The van der Waals surface area contributed by atoms with Crippen LogP contribution in [0, 0.1) is 0 Å². The molecule has 1 aromatic rings. The third kappa shape index (κ3) is 5.71. The van der Waals surface area contributed by atoms with Gasteiger partial charge in [0.05, 0.1) is 17.8 Å². The van der Waals surface area contributed by atoms with E-state index in [9.17, 15) is 9.59 Å². The molecule has 0 radical (unpaired) electrons. The third-order valence-electron chi connectivity index (χ3n) is 4.61. The molecular weight excluding hydrogens is 334 g/mol. The maximum absolute atomic E-state index is 12.1. The summed E-state index contributed by atoms with van der Waals surface area (Å²) in [6, 6.07) is 6.21. The number of carboxylic acid groups (broad SMARTS) is 1. The maximum atomic E-state index is 12.1. The fraction of sp³-hybridized carbons (Fsp3) is 0.579. The summed E-state index contributed by atoms with van der Waals surface area (Å²) in [5.74, 6) is -0.962. The number of carboxylic acids is 1.